The molecule has 1 aromatic carbocycles. The molecule has 86 valence electrons. The maximum absolute atomic E-state index is 13.2. The van der Waals surface area contributed by atoms with E-state index in [-0.39, 0.29) is 25.3 Å². The average Bonchev–Trinajstić information content (AvgIpc) is 2.30. The van der Waals surface area contributed by atoms with Crippen molar-refractivity contribution in [2.75, 3.05) is 19.8 Å². The van der Waals surface area contributed by atoms with Gasteiger partial charge in [0.1, 0.15) is 0 Å². The van der Waals surface area contributed by atoms with E-state index in [2.05, 4.69) is 11.8 Å². The zero-order valence-corrected chi connectivity index (χ0v) is 8.80. The molecule has 0 amide bonds. The van der Waals surface area contributed by atoms with Gasteiger partial charge in [-0.3, -0.25) is 4.39 Å². The monoisotopic (exact) mass is 225 g/mol. The number of hydrogen-bond donors (Lipinski definition) is 1. The second-order valence-electron chi connectivity index (χ2n) is 3.04. The van der Waals surface area contributed by atoms with E-state index in [1.54, 1.807) is 6.07 Å². The fourth-order valence-corrected chi connectivity index (χ4v) is 1.08. The standard InChI is InChI=1S/C12H13F2NO/c13-6-2-8-16-12-9-10(3-1-7-15)4-5-11(12)14/h4-5,9H,2,6-8,15H2. The van der Waals surface area contributed by atoms with E-state index in [4.69, 9.17) is 10.5 Å². The summed E-state index contributed by atoms with van der Waals surface area (Å²) in [5.41, 5.74) is 5.85. The molecule has 0 unspecified atom stereocenters. The normalized spacial score (nSPS) is 9.44. The molecule has 16 heavy (non-hydrogen) atoms. The van der Waals surface area contributed by atoms with E-state index in [0.717, 1.165) is 0 Å². The summed E-state index contributed by atoms with van der Waals surface area (Å²) < 4.78 is 30.1. The van der Waals surface area contributed by atoms with Crippen molar-refractivity contribution < 1.29 is 13.5 Å². The van der Waals surface area contributed by atoms with Gasteiger partial charge in [0.2, 0.25) is 0 Å². The lowest BCUT2D eigenvalue weighted by Gasteiger charge is -2.06. The van der Waals surface area contributed by atoms with Gasteiger partial charge in [0.25, 0.3) is 0 Å². The molecule has 0 aliphatic carbocycles. The number of benzene rings is 1. The molecule has 1 aromatic rings. The van der Waals surface area contributed by atoms with Crippen LogP contribution in [0, 0.1) is 17.7 Å². The Morgan fingerprint density at radius 1 is 1.38 bits per heavy atom. The Morgan fingerprint density at radius 3 is 2.88 bits per heavy atom. The number of ether oxygens (including phenoxy) is 1. The second kappa shape index (κ2) is 6.81. The first kappa shape index (κ1) is 12.5. The highest BCUT2D eigenvalue weighted by molar-refractivity contribution is 5.40. The molecule has 0 aromatic heterocycles. The zero-order valence-electron chi connectivity index (χ0n) is 8.80. The Labute approximate surface area is 93.4 Å². The smallest absolute Gasteiger partial charge is 0.165 e. The molecule has 0 saturated carbocycles. The topological polar surface area (TPSA) is 35.2 Å². The van der Waals surface area contributed by atoms with Crippen LogP contribution < -0.4 is 10.5 Å². The molecular weight excluding hydrogens is 212 g/mol. The van der Waals surface area contributed by atoms with Crippen LogP contribution in [0.4, 0.5) is 8.78 Å². The van der Waals surface area contributed by atoms with Crippen molar-refractivity contribution in [2.24, 2.45) is 5.73 Å². The third kappa shape index (κ3) is 3.87. The van der Waals surface area contributed by atoms with Crippen molar-refractivity contribution in [3.8, 4) is 17.6 Å². The summed E-state index contributed by atoms with van der Waals surface area (Å²) in [6.45, 7) is -0.0785. The van der Waals surface area contributed by atoms with Crippen molar-refractivity contribution in [3.05, 3.63) is 29.6 Å². The first-order valence-electron chi connectivity index (χ1n) is 4.95. The number of nitrogens with two attached hydrogens (primary N) is 1. The SMILES string of the molecule is NCC#Cc1ccc(F)c(OCCCF)c1. The molecule has 0 bridgehead atoms. The van der Waals surface area contributed by atoms with Gasteiger partial charge >= 0.3 is 0 Å². The third-order valence-corrected chi connectivity index (χ3v) is 1.80. The Hall–Kier alpha value is -1.60. The van der Waals surface area contributed by atoms with Gasteiger partial charge in [-0.25, -0.2) is 4.39 Å². The van der Waals surface area contributed by atoms with E-state index >= 15 is 0 Å². The van der Waals surface area contributed by atoms with Crippen molar-refractivity contribution in [3.63, 3.8) is 0 Å². The minimum atomic E-state index is -0.478. The molecule has 0 fully saturated rings. The molecule has 2 nitrogen and oxygen atoms in total. The first-order valence-corrected chi connectivity index (χ1v) is 4.95. The minimum absolute atomic E-state index is 0.0947. The number of alkyl halides is 1. The maximum Gasteiger partial charge on any atom is 0.165 e. The Kier molecular flexibility index (Phi) is 5.30. The third-order valence-electron chi connectivity index (χ3n) is 1.80. The van der Waals surface area contributed by atoms with Crippen LogP contribution in [0.2, 0.25) is 0 Å². The second-order valence-corrected chi connectivity index (χ2v) is 3.04. The first-order chi connectivity index (χ1) is 7.77. The maximum atomic E-state index is 13.2. The highest BCUT2D eigenvalue weighted by Gasteiger charge is 2.03. The lowest BCUT2D eigenvalue weighted by atomic mass is 10.2. The lowest BCUT2D eigenvalue weighted by molar-refractivity contribution is 0.277. The number of rotatable bonds is 4. The summed E-state index contributed by atoms with van der Waals surface area (Å²) in [6.07, 6.45) is 0.248. The summed E-state index contributed by atoms with van der Waals surface area (Å²) in [4.78, 5) is 0. The van der Waals surface area contributed by atoms with Gasteiger partial charge in [-0.05, 0) is 18.2 Å². The molecule has 2 N–H and O–H groups in total. The van der Waals surface area contributed by atoms with Crippen LogP contribution in [-0.2, 0) is 0 Å². The van der Waals surface area contributed by atoms with Crippen molar-refractivity contribution in [1.29, 1.82) is 0 Å². The predicted molar refractivity (Wildman–Crippen MR) is 58.4 cm³/mol. The summed E-state index contributed by atoms with van der Waals surface area (Å²) in [7, 11) is 0. The minimum Gasteiger partial charge on any atom is -0.490 e. The Morgan fingerprint density at radius 2 is 2.19 bits per heavy atom. The van der Waals surface area contributed by atoms with Crippen LogP contribution in [0.5, 0.6) is 5.75 Å². The van der Waals surface area contributed by atoms with Crippen molar-refractivity contribution in [1.82, 2.24) is 0 Å². The van der Waals surface area contributed by atoms with E-state index in [9.17, 15) is 8.78 Å². The number of halogens is 2. The summed E-state index contributed by atoms with van der Waals surface area (Å²) in [5, 5.41) is 0. The summed E-state index contributed by atoms with van der Waals surface area (Å²) in [6, 6.07) is 4.29. The van der Waals surface area contributed by atoms with E-state index < -0.39 is 12.5 Å². The van der Waals surface area contributed by atoms with Crippen LogP contribution in [0.3, 0.4) is 0 Å². The fraction of sp³-hybridized carbons (Fsp3) is 0.333. The summed E-state index contributed by atoms with van der Waals surface area (Å²) in [5.74, 6) is 5.04. The van der Waals surface area contributed by atoms with Gasteiger partial charge in [-0.15, -0.1) is 0 Å². The molecule has 0 radical (unpaired) electrons. The van der Waals surface area contributed by atoms with Crippen LogP contribution >= 0.6 is 0 Å². The highest BCUT2D eigenvalue weighted by Crippen LogP contribution is 2.18. The Balaban J connectivity index is 2.74. The lowest BCUT2D eigenvalue weighted by Crippen LogP contribution is -2.00. The molecule has 4 heteroatoms. The van der Waals surface area contributed by atoms with Gasteiger partial charge in [0.05, 0.1) is 19.8 Å². The number of hydrogen-bond acceptors (Lipinski definition) is 2. The molecule has 0 spiro atoms. The van der Waals surface area contributed by atoms with Crippen LogP contribution in [0.15, 0.2) is 18.2 Å². The Bertz CT molecular complexity index is 396. The molecule has 0 saturated heterocycles. The molecule has 0 aliphatic rings. The van der Waals surface area contributed by atoms with E-state index in [1.165, 1.54) is 12.1 Å². The van der Waals surface area contributed by atoms with Gasteiger partial charge in [0.15, 0.2) is 11.6 Å². The van der Waals surface area contributed by atoms with Gasteiger partial charge in [-0.2, -0.15) is 0 Å². The molecule has 0 heterocycles. The van der Waals surface area contributed by atoms with E-state index in [0.29, 0.717) is 5.56 Å². The van der Waals surface area contributed by atoms with Crippen LogP contribution in [0.25, 0.3) is 0 Å². The summed E-state index contributed by atoms with van der Waals surface area (Å²) >= 11 is 0. The highest BCUT2D eigenvalue weighted by atomic mass is 19.1. The molecule has 0 atom stereocenters. The molecule has 0 aliphatic heterocycles. The van der Waals surface area contributed by atoms with Crippen LogP contribution in [-0.4, -0.2) is 19.8 Å². The van der Waals surface area contributed by atoms with Crippen molar-refractivity contribution in [2.45, 2.75) is 6.42 Å². The van der Waals surface area contributed by atoms with E-state index in [1.807, 2.05) is 0 Å². The van der Waals surface area contributed by atoms with Crippen LogP contribution in [0.1, 0.15) is 12.0 Å². The largest absolute Gasteiger partial charge is 0.490 e. The van der Waals surface area contributed by atoms with Crippen molar-refractivity contribution >= 4 is 0 Å². The molecule has 1 rings (SSSR count). The fourth-order valence-electron chi connectivity index (χ4n) is 1.08. The predicted octanol–water partition coefficient (Wildman–Crippen LogP) is 1.87. The quantitative estimate of drug-likeness (QED) is 0.627. The zero-order chi connectivity index (χ0) is 11.8. The molecular formula is C12H13F2NO. The van der Waals surface area contributed by atoms with Gasteiger partial charge in [0, 0.05) is 12.0 Å². The average molecular weight is 225 g/mol. The van der Waals surface area contributed by atoms with Gasteiger partial charge < -0.3 is 10.5 Å². The van der Waals surface area contributed by atoms with Gasteiger partial charge in [-0.1, -0.05) is 11.8 Å².